The zero-order valence-corrected chi connectivity index (χ0v) is 15.3. The standard InChI is InChI=1S/C18H17Cl2FN2O2/c1-3-8-18(2,21)15-14(17(24)23-16(22-15)10-4-5-10)25-11-6-7-12(19)13(20)9-11/h3,6-10H,4-5H2,1-2H3,(H,22,23,24). The van der Waals surface area contributed by atoms with Crippen LogP contribution >= 0.6 is 23.2 Å². The SMILES string of the molecule is CC=CC(C)(F)c1nc(C2CC2)[nH]c(=O)c1Oc1ccc(Cl)c(Cl)c1. The van der Waals surface area contributed by atoms with Gasteiger partial charge in [-0.05, 0) is 44.9 Å². The molecular formula is C18H17Cl2FN2O2. The average Bonchev–Trinajstić information content (AvgIpc) is 3.37. The number of benzene rings is 1. The van der Waals surface area contributed by atoms with Gasteiger partial charge in [0.05, 0.1) is 10.0 Å². The van der Waals surface area contributed by atoms with Gasteiger partial charge in [-0.25, -0.2) is 9.37 Å². The topological polar surface area (TPSA) is 55.0 Å². The minimum atomic E-state index is -1.95. The van der Waals surface area contributed by atoms with E-state index in [2.05, 4.69) is 9.97 Å². The Morgan fingerprint density at radius 1 is 1.36 bits per heavy atom. The molecule has 1 fully saturated rings. The lowest BCUT2D eigenvalue weighted by Gasteiger charge is -2.19. The number of nitrogens with zero attached hydrogens (tertiary/aromatic N) is 1. The van der Waals surface area contributed by atoms with Crippen LogP contribution in [0.5, 0.6) is 11.5 Å². The van der Waals surface area contributed by atoms with Crippen molar-refractivity contribution in [3.63, 3.8) is 0 Å². The van der Waals surface area contributed by atoms with Crippen LogP contribution in [0, 0.1) is 0 Å². The second-order valence-electron chi connectivity index (χ2n) is 6.16. The number of rotatable bonds is 5. The molecule has 7 heteroatoms. The summed E-state index contributed by atoms with van der Waals surface area (Å²) < 4.78 is 20.8. The van der Waals surface area contributed by atoms with E-state index >= 15 is 4.39 Å². The largest absolute Gasteiger partial charge is 0.449 e. The fourth-order valence-corrected chi connectivity index (χ4v) is 2.79. The van der Waals surface area contributed by atoms with Crippen LogP contribution in [0.3, 0.4) is 0 Å². The van der Waals surface area contributed by atoms with Crippen molar-refractivity contribution >= 4 is 23.2 Å². The highest BCUT2D eigenvalue weighted by atomic mass is 35.5. The van der Waals surface area contributed by atoms with Crippen LogP contribution in [-0.2, 0) is 5.67 Å². The van der Waals surface area contributed by atoms with Gasteiger partial charge in [-0.1, -0.05) is 29.3 Å². The van der Waals surface area contributed by atoms with E-state index in [-0.39, 0.29) is 28.1 Å². The van der Waals surface area contributed by atoms with Gasteiger partial charge >= 0.3 is 0 Å². The molecule has 2 aromatic rings. The Bertz CT molecular complexity index is 889. The lowest BCUT2D eigenvalue weighted by atomic mass is 10.0. The molecule has 4 nitrogen and oxygen atoms in total. The minimum Gasteiger partial charge on any atom is -0.449 e. The van der Waals surface area contributed by atoms with Gasteiger partial charge in [0.15, 0.2) is 5.67 Å². The predicted molar refractivity (Wildman–Crippen MR) is 96.6 cm³/mol. The average molecular weight is 383 g/mol. The normalized spacial score (nSPS) is 16.8. The number of hydrogen-bond acceptors (Lipinski definition) is 3. The smallest absolute Gasteiger partial charge is 0.294 e. The third-order valence-corrected chi connectivity index (χ3v) is 4.65. The summed E-state index contributed by atoms with van der Waals surface area (Å²) >= 11 is 11.9. The number of H-pyrrole nitrogens is 1. The van der Waals surface area contributed by atoms with Gasteiger partial charge in [0.1, 0.15) is 17.3 Å². The summed E-state index contributed by atoms with van der Waals surface area (Å²) in [5.41, 5.74) is -2.52. The Morgan fingerprint density at radius 3 is 2.68 bits per heavy atom. The molecule has 1 saturated carbocycles. The monoisotopic (exact) mass is 382 g/mol. The summed E-state index contributed by atoms with van der Waals surface area (Å²) in [5.74, 6) is 0.756. The fourth-order valence-electron chi connectivity index (χ4n) is 2.51. The molecule has 0 bridgehead atoms. The molecule has 1 aromatic heterocycles. The number of nitrogens with one attached hydrogen (secondary N) is 1. The lowest BCUT2D eigenvalue weighted by Crippen LogP contribution is -2.24. The molecule has 0 amide bonds. The number of aromatic nitrogens is 2. The quantitative estimate of drug-likeness (QED) is 0.693. The molecule has 3 rings (SSSR count). The lowest BCUT2D eigenvalue weighted by molar-refractivity contribution is 0.246. The van der Waals surface area contributed by atoms with Gasteiger partial charge in [-0.15, -0.1) is 0 Å². The van der Waals surface area contributed by atoms with Crippen molar-refractivity contribution in [3.05, 3.63) is 62.3 Å². The molecule has 1 heterocycles. The summed E-state index contributed by atoms with van der Waals surface area (Å²) in [7, 11) is 0. The van der Waals surface area contributed by atoms with Gasteiger partial charge < -0.3 is 9.72 Å². The van der Waals surface area contributed by atoms with Gasteiger partial charge in [0, 0.05) is 12.0 Å². The summed E-state index contributed by atoms with van der Waals surface area (Å²) in [6.07, 6.45) is 4.78. The molecule has 0 saturated heterocycles. The van der Waals surface area contributed by atoms with Gasteiger partial charge in [0.25, 0.3) is 5.56 Å². The molecule has 1 aromatic carbocycles. The molecule has 0 radical (unpaired) electrons. The zero-order chi connectivity index (χ0) is 18.2. The Kier molecular flexibility index (Phi) is 4.89. The first-order valence-electron chi connectivity index (χ1n) is 7.92. The van der Waals surface area contributed by atoms with E-state index in [9.17, 15) is 4.79 Å². The first-order chi connectivity index (χ1) is 11.8. The molecule has 132 valence electrons. The maximum atomic E-state index is 15.1. The van der Waals surface area contributed by atoms with Crippen LogP contribution in [0.4, 0.5) is 4.39 Å². The third-order valence-electron chi connectivity index (χ3n) is 3.91. The maximum Gasteiger partial charge on any atom is 0.294 e. The predicted octanol–water partition coefficient (Wildman–Crippen LogP) is 5.51. The minimum absolute atomic E-state index is 0.0534. The van der Waals surface area contributed by atoms with Gasteiger partial charge in [0.2, 0.25) is 5.75 Å². The van der Waals surface area contributed by atoms with Crippen LogP contribution in [-0.4, -0.2) is 9.97 Å². The van der Waals surface area contributed by atoms with Gasteiger partial charge in [-0.2, -0.15) is 0 Å². The van der Waals surface area contributed by atoms with E-state index in [0.29, 0.717) is 10.8 Å². The van der Waals surface area contributed by atoms with Gasteiger partial charge in [-0.3, -0.25) is 4.79 Å². The molecule has 1 atom stereocenters. The van der Waals surface area contributed by atoms with Crippen molar-refractivity contribution in [2.75, 3.05) is 0 Å². The van der Waals surface area contributed by atoms with Crippen LogP contribution in [0.15, 0.2) is 35.1 Å². The number of alkyl halides is 1. The van der Waals surface area contributed by atoms with Crippen molar-refractivity contribution in [2.45, 2.75) is 38.3 Å². The Hall–Kier alpha value is -1.85. The number of ether oxygens (including phenoxy) is 1. The van der Waals surface area contributed by atoms with Crippen molar-refractivity contribution in [1.29, 1.82) is 0 Å². The van der Waals surface area contributed by atoms with Crippen LogP contribution in [0.25, 0.3) is 0 Å². The summed E-state index contributed by atoms with van der Waals surface area (Å²) in [6, 6.07) is 4.56. The molecular weight excluding hydrogens is 366 g/mol. The third kappa shape index (κ3) is 3.88. The molecule has 1 aliphatic rings. The molecule has 25 heavy (non-hydrogen) atoms. The molecule has 0 aliphatic heterocycles. The van der Waals surface area contributed by atoms with E-state index in [1.165, 1.54) is 19.1 Å². The van der Waals surface area contributed by atoms with Crippen molar-refractivity contribution in [2.24, 2.45) is 0 Å². The van der Waals surface area contributed by atoms with Crippen LogP contribution < -0.4 is 10.3 Å². The molecule has 1 unspecified atom stereocenters. The van der Waals surface area contributed by atoms with E-state index < -0.39 is 11.2 Å². The van der Waals surface area contributed by atoms with E-state index in [1.807, 2.05) is 0 Å². The first-order valence-corrected chi connectivity index (χ1v) is 8.68. The second-order valence-corrected chi connectivity index (χ2v) is 6.97. The Balaban J connectivity index is 2.10. The number of allylic oxidation sites excluding steroid dienone is 2. The van der Waals surface area contributed by atoms with E-state index in [4.69, 9.17) is 27.9 Å². The Morgan fingerprint density at radius 2 is 2.08 bits per heavy atom. The maximum absolute atomic E-state index is 15.1. The highest BCUT2D eigenvalue weighted by Gasteiger charge is 2.34. The number of aromatic amines is 1. The summed E-state index contributed by atoms with van der Waals surface area (Å²) in [5, 5.41) is 0.630. The summed E-state index contributed by atoms with van der Waals surface area (Å²) in [6.45, 7) is 3.04. The Labute approximate surface area is 154 Å². The van der Waals surface area contributed by atoms with Crippen molar-refractivity contribution in [3.8, 4) is 11.5 Å². The zero-order valence-electron chi connectivity index (χ0n) is 13.8. The van der Waals surface area contributed by atoms with E-state index in [0.717, 1.165) is 12.8 Å². The molecule has 1 aliphatic carbocycles. The fraction of sp³-hybridized carbons (Fsp3) is 0.333. The van der Waals surface area contributed by atoms with Crippen molar-refractivity contribution < 1.29 is 9.13 Å². The molecule has 0 spiro atoms. The van der Waals surface area contributed by atoms with Crippen LogP contribution in [0.1, 0.15) is 44.1 Å². The van der Waals surface area contributed by atoms with Crippen LogP contribution in [0.2, 0.25) is 10.0 Å². The van der Waals surface area contributed by atoms with E-state index in [1.54, 1.807) is 25.1 Å². The highest BCUT2D eigenvalue weighted by Crippen LogP contribution is 2.40. The second kappa shape index (κ2) is 6.81. The first kappa shape index (κ1) is 18.0. The van der Waals surface area contributed by atoms with Crippen molar-refractivity contribution in [1.82, 2.24) is 9.97 Å². The number of halogens is 3. The number of hydrogen-bond donors (Lipinski definition) is 1. The summed E-state index contributed by atoms with van der Waals surface area (Å²) in [4.78, 5) is 19.6. The molecule has 1 N–H and O–H groups in total. The highest BCUT2D eigenvalue weighted by molar-refractivity contribution is 6.42.